The summed E-state index contributed by atoms with van der Waals surface area (Å²) in [4.78, 5) is 13.5. The highest BCUT2D eigenvalue weighted by molar-refractivity contribution is 5.85. The maximum atomic E-state index is 13.5. The summed E-state index contributed by atoms with van der Waals surface area (Å²) in [5.41, 5.74) is 4.27. The summed E-state index contributed by atoms with van der Waals surface area (Å²) >= 11 is 0. The number of carbonyl (C=O) groups is 1. The smallest absolute Gasteiger partial charge is 0.242 e. The van der Waals surface area contributed by atoms with E-state index in [2.05, 4.69) is 61.0 Å². The van der Waals surface area contributed by atoms with Gasteiger partial charge in [0.1, 0.15) is 11.8 Å². The Morgan fingerprint density at radius 3 is 2.28 bits per heavy atom. The normalized spacial score (nSPS) is 12.6. The van der Waals surface area contributed by atoms with Crippen molar-refractivity contribution < 1.29 is 9.53 Å². The number of unbranched alkanes of at least 4 members (excludes halogenated alkanes) is 1. The molecule has 0 aliphatic heterocycles. The average Bonchev–Trinajstić information content (AvgIpc) is 2.90. The molecule has 3 aromatic rings. The van der Waals surface area contributed by atoms with Gasteiger partial charge in [-0.15, -0.1) is 0 Å². The van der Waals surface area contributed by atoms with Gasteiger partial charge in [-0.1, -0.05) is 76.1 Å². The molecule has 0 saturated heterocycles. The lowest BCUT2D eigenvalue weighted by Gasteiger charge is -2.26. The maximum Gasteiger partial charge on any atom is 0.242 e. The third kappa shape index (κ3) is 8.63. The van der Waals surface area contributed by atoms with E-state index < -0.39 is 0 Å². The van der Waals surface area contributed by atoms with Crippen molar-refractivity contribution in [1.82, 2.24) is 5.32 Å². The number of rotatable bonds is 14. The number of amides is 1. The van der Waals surface area contributed by atoms with Crippen LogP contribution in [0, 0.1) is 5.92 Å². The van der Waals surface area contributed by atoms with Gasteiger partial charge in [0, 0.05) is 24.0 Å². The fourth-order valence-electron chi connectivity index (χ4n) is 4.25. The summed E-state index contributed by atoms with van der Waals surface area (Å²) < 4.78 is 5.25. The Morgan fingerprint density at radius 2 is 1.61 bits per heavy atom. The molecule has 0 saturated carbocycles. The van der Waals surface area contributed by atoms with E-state index in [1.165, 1.54) is 0 Å². The predicted molar refractivity (Wildman–Crippen MR) is 152 cm³/mol. The number of methoxy groups -OCH3 is 1. The molecule has 2 atom stereocenters. The van der Waals surface area contributed by atoms with Crippen LogP contribution in [-0.4, -0.2) is 31.6 Å². The standard InChI is InChI=1S/C31H41N3O2/c1-5-6-14-28(22-32-26-16-18-29(36-4)19-17-26)34-31(35)30(20-23(2)3)33-27-15-10-13-25(21-27)24-11-8-7-9-12-24/h7-13,15-19,21,23,28,30,32-33H,5-6,14,20,22H2,1-4H3,(H,34,35)/t28-,30-/m0/s1. The molecular formula is C31H41N3O2. The van der Waals surface area contributed by atoms with Crippen molar-refractivity contribution in [1.29, 1.82) is 0 Å². The van der Waals surface area contributed by atoms with Crippen molar-refractivity contribution in [2.75, 3.05) is 24.3 Å². The zero-order valence-corrected chi connectivity index (χ0v) is 22.1. The van der Waals surface area contributed by atoms with Crippen LogP contribution in [0.3, 0.4) is 0 Å². The zero-order chi connectivity index (χ0) is 25.8. The lowest BCUT2D eigenvalue weighted by molar-refractivity contribution is -0.122. The minimum Gasteiger partial charge on any atom is -0.497 e. The summed E-state index contributed by atoms with van der Waals surface area (Å²) in [6.07, 6.45) is 3.85. The fraction of sp³-hybridized carbons (Fsp3) is 0.387. The highest BCUT2D eigenvalue weighted by atomic mass is 16.5. The van der Waals surface area contributed by atoms with Crippen molar-refractivity contribution in [2.24, 2.45) is 5.92 Å². The van der Waals surface area contributed by atoms with Crippen LogP contribution >= 0.6 is 0 Å². The Kier molecular flexibility index (Phi) is 10.7. The number of nitrogens with one attached hydrogen (secondary N) is 3. The molecule has 3 N–H and O–H groups in total. The lowest BCUT2D eigenvalue weighted by atomic mass is 10.0. The van der Waals surface area contributed by atoms with Gasteiger partial charge >= 0.3 is 0 Å². The molecule has 5 nitrogen and oxygen atoms in total. The van der Waals surface area contributed by atoms with Crippen molar-refractivity contribution in [3.05, 3.63) is 78.9 Å². The van der Waals surface area contributed by atoms with Crippen LogP contribution in [-0.2, 0) is 4.79 Å². The lowest BCUT2D eigenvalue weighted by Crippen LogP contribution is -2.47. The van der Waals surface area contributed by atoms with Crippen LogP contribution in [0.1, 0.15) is 46.5 Å². The van der Waals surface area contributed by atoms with E-state index in [4.69, 9.17) is 4.74 Å². The molecule has 0 radical (unpaired) electrons. The molecule has 36 heavy (non-hydrogen) atoms. The first-order valence-electron chi connectivity index (χ1n) is 13.1. The molecule has 192 valence electrons. The first-order valence-corrected chi connectivity index (χ1v) is 13.1. The molecule has 0 aliphatic carbocycles. The van der Waals surface area contributed by atoms with E-state index in [1.54, 1.807) is 7.11 Å². The van der Waals surface area contributed by atoms with Gasteiger partial charge in [0.15, 0.2) is 0 Å². The quantitative estimate of drug-likeness (QED) is 0.230. The van der Waals surface area contributed by atoms with Crippen molar-refractivity contribution in [3.63, 3.8) is 0 Å². The number of hydrogen-bond donors (Lipinski definition) is 3. The first kappa shape index (κ1) is 27.1. The molecule has 0 aliphatic rings. The second-order valence-electron chi connectivity index (χ2n) is 9.73. The minimum absolute atomic E-state index is 0.0476. The summed E-state index contributed by atoms with van der Waals surface area (Å²) in [6, 6.07) is 26.2. The molecule has 0 aromatic heterocycles. The second-order valence-corrected chi connectivity index (χ2v) is 9.73. The monoisotopic (exact) mass is 487 g/mol. The molecule has 3 rings (SSSR count). The number of hydrogen-bond acceptors (Lipinski definition) is 4. The first-order chi connectivity index (χ1) is 17.5. The molecule has 3 aromatic carbocycles. The second kappa shape index (κ2) is 14.2. The van der Waals surface area contributed by atoms with E-state index in [0.29, 0.717) is 12.5 Å². The van der Waals surface area contributed by atoms with E-state index in [9.17, 15) is 4.79 Å². The third-order valence-electron chi connectivity index (χ3n) is 6.23. The molecule has 0 spiro atoms. The van der Waals surface area contributed by atoms with Crippen molar-refractivity contribution in [2.45, 2.75) is 58.5 Å². The molecule has 0 unspecified atom stereocenters. The van der Waals surface area contributed by atoms with Gasteiger partial charge in [-0.3, -0.25) is 4.79 Å². The van der Waals surface area contributed by atoms with Gasteiger partial charge in [0.05, 0.1) is 7.11 Å². The number of carbonyl (C=O) groups excluding carboxylic acids is 1. The highest BCUT2D eigenvalue weighted by Crippen LogP contribution is 2.24. The van der Waals surface area contributed by atoms with Gasteiger partial charge in [-0.25, -0.2) is 0 Å². The number of ether oxygens (including phenoxy) is 1. The van der Waals surface area contributed by atoms with Crippen LogP contribution < -0.4 is 20.7 Å². The molecule has 5 heteroatoms. The molecule has 0 bridgehead atoms. The molecule has 0 fully saturated rings. The maximum absolute atomic E-state index is 13.5. The van der Waals surface area contributed by atoms with Crippen LogP contribution in [0.5, 0.6) is 5.75 Å². The summed E-state index contributed by atoms with van der Waals surface area (Å²) in [6.45, 7) is 7.17. The van der Waals surface area contributed by atoms with Crippen molar-refractivity contribution >= 4 is 17.3 Å². The Labute approximate surface area is 216 Å². The van der Waals surface area contributed by atoms with E-state index in [0.717, 1.165) is 53.9 Å². The molecular weight excluding hydrogens is 446 g/mol. The highest BCUT2D eigenvalue weighted by Gasteiger charge is 2.22. The van der Waals surface area contributed by atoms with Gasteiger partial charge in [0.25, 0.3) is 0 Å². The third-order valence-corrected chi connectivity index (χ3v) is 6.23. The van der Waals surface area contributed by atoms with Gasteiger partial charge < -0.3 is 20.7 Å². The largest absolute Gasteiger partial charge is 0.497 e. The van der Waals surface area contributed by atoms with Crippen LogP contribution in [0.2, 0.25) is 0 Å². The Bertz CT molecular complexity index is 1050. The summed E-state index contributed by atoms with van der Waals surface area (Å²) in [7, 11) is 1.66. The Balaban J connectivity index is 1.68. The summed E-state index contributed by atoms with van der Waals surface area (Å²) in [5.74, 6) is 1.26. The minimum atomic E-state index is -0.305. The van der Waals surface area contributed by atoms with Gasteiger partial charge in [-0.05, 0) is 66.3 Å². The number of anilines is 2. The van der Waals surface area contributed by atoms with Gasteiger partial charge in [-0.2, -0.15) is 0 Å². The van der Waals surface area contributed by atoms with Crippen LogP contribution in [0.25, 0.3) is 11.1 Å². The molecule has 0 heterocycles. The van der Waals surface area contributed by atoms with E-state index >= 15 is 0 Å². The van der Waals surface area contributed by atoms with Gasteiger partial charge in [0.2, 0.25) is 5.91 Å². The van der Waals surface area contributed by atoms with Crippen LogP contribution in [0.15, 0.2) is 78.9 Å². The number of benzene rings is 3. The predicted octanol–water partition coefficient (Wildman–Crippen LogP) is 6.98. The summed E-state index contributed by atoms with van der Waals surface area (Å²) in [5, 5.41) is 10.3. The topological polar surface area (TPSA) is 62.4 Å². The fourth-order valence-corrected chi connectivity index (χ4v) is 4.25. The molecule has 1 amide bonds. The average molecular weight is 488 g/mol. The van der Waals surface area contributed by atoms with E-state index in [-0.39, 0.29) is 18.0 Å². The SMILES string of the molecule is CCCC[C@@H](CNc1ccc(OC)cc1)NC(=O)[C@H](CC(C)C)Nc1cccc(-c2ccccc2)c1. The van der Waals surface area contributed by atoms with Crippen LogP contribution in [0.4, 0.5) is 11.4 Å². The Hall–Kier alpha value is -3.47. The zero-order valence-electron chi connectivity index (χ0n) is 22.1. The Morgan fingerprint density at radius 1 is 0.889 bits per heavy atom. The van der Waals surface area contributed by atoms with E-state index in [1.807, 2.05) is 54.6 Å². The van der Waals surface area contributed by atoms with Crippen molar-refractivity contribution in [3.8, 4) is 16.9 Å².